The van der Waals surface area contributed by atoms with Crippen molar-refractivity contribution in [1.82, 2.24) is 0 Å². The first-order valence-corrected chi connectivity index (χ1v) is 5.46. The molecule has 0 saturated heterocycles. The van der Waals surface area contributed by atoms with Gasteiger partial charge in [-0.15, -0.1) is 0 Å². The summed E-state index contributed by atoms with van der Waals surface area (Å²) in [7, 11) is 3.40. The van der Waals surface area contributed by atoms with Gasteiger partial charge < -0.3 is 15.2 Å². The number of anilines is 1. The molecule has 3 nitrogen and oxygen atoms in total. The molecule has 0 aliphatic heterocycles. The second-order valence-electron chi connectivity index (χ2n) is 3.92. The lowest BCUT2D eigenvalue weighted by Crippen LogP contribution is -2.12. The van der Waals surface area contributed by atoms with Crippen LogP contribution in [0.3, 0.4) is 0 Å². The van der Waals surface area contributed by atoms with Gasteiger partial charge in [0.1, 0.15) is 0 Å². The molecule has 3 heteroatoms. The fraction of sp³-hybridized carbons (Fsp3) is 0.385. The molecule has 2 atom stereocenters. The molecule has 0 saturated carbocycles. The predicted octanol–water partition coefficient (Wildman–Crippen LogP) is 2.41. The van der Waals surface area contributed by atoms with Gasteiger partial charge in [0.25, 0.3) is 0 Å². The summed E-state index contributed by atoms with van der Waals surface area (Å²) in [5, 5.41) is 13.0. The molecular weight excluding hydrogens is 202 g/mol. The van der Waals surface area contributed by atoms with Crippen molar-refractivity contribution in [2.45, 2.75) is 18.6 Å². The molecule has 2 N–H and O–H groups in total. The van der Waals surface area contributed by atoms with Gasteiger partial charge in [0.2, 0.25) is 0 Å². The van der Waals surface area contributed by atoms with Gasteiger partial charge in [-0.25, -0.2) is 0 Å². The minimum absolute atomic E-state index is 0.392. The summed E-state index contributed by atoms with van der Waals surface area (Å²) in [5.41, 5.74) is 3.05. The van der Waals surface area contributed by atoms with Crippen LogP contribution in [0, 0.1) is 0 Å². The van der Waals surface area contributed by atoms with Crippen LogP contribution in [0.1, 0.15) is 29.8 Å². The highest BCUT2D eigenvalue weighted by Gasteiger charge is 2.22. The molecule has 16 heavy (non-hydrogen) atoms. The van der Waals surface area contributed by atoms with Crippen molar-refractivity contribution in [3.05, 3.63) is 41.5 Å². The molecule has 0 spiro atoms. The lowest BCUT2D eigenvalue weighted by Gasteiger charge is -2.26. The summed E-state index contributed by atoms with van der Waals surface area (Å²) in [4.78, 5) is 0. The molecule has 0 amide bonds. The van der Waals surface area contributed by atoms with Crippen molar-refractivity contribution in [2.75, 3.05) is 19.5 Å². The molecule has 2 rings (SSSR count). The molecule has 0 fully saturated rings. The van der Waals surface area contributed by atoms with Crippen LogP contribution in [-0.2, 0) is 4.74 Å². The molecule has 0 heterocycles. The predicted molar refractivity (Wildman–Crippen MR) is 64.5 cm³/mol. The van der Waals surface area contributed by atoms with Crippen LogP contribution >= 0.6 is 0 Å². The van der Waals surface area contributed by atoms with Crippen LogP contribution in [0.15, 0.2) is 30.4 Å². The molecule has 1 aliphatic carbocycles. The minimum Gasteiger partial charge on any atom is -0.388 e. The van der Waals surface area contributed by atoms with Gasteiger partial charge in [-0.2, -0.15) is 0 Å². The number of hydrogen-bond donors (Lipinski definition) is 2. The van der Waals surface area contributed by atoms with E-state index < -0.39 is 6.29 Å². The fourth-order valence-corrected chi connectivity index (χ4v) is 2.04. The number of nitrogens with one attached hydrogen (secondary N) is 1. The highest BCUT2D eigenvalue weighted by Crippen LogP contribution is 2.38. The van der Waals surface area contributed by atoms with Crippen molar-refractivity contribution in [1.29, 1.82) is 0 Å². The largest absolute Gasteiger partial charge is 0.388 e. The van der Waals surface area contributed by atoms with Crippen molar-refractivity contribution in [3.8, 4) is 0 Å². The maximum Gasteiger partial charge on any atom is 0.181 e. The average molecular weight is 219 g/mol. The molecule has 2 unspecified atom stereocenters. The van der Waals surface area contributed by atoms with Gasteiger partial charge in [-0.05, 0) is 18.1 Å². The summed E-state index contributed by atoms with van der Waals surface area (Å²) < 4.78 is 5.00. The Labute approximate surface area is 95.7 Å². The zero-order valence-electron chi connectivity index (χ0n) is 9.60. The summed E-state index contributed by atoms with van der Waals surface area (Å²) in [6, 6.07) is 5.86. The Hall–Kier alpha value is -1.32. The lowest BCUT2D eigenvalue weighted by atomic mass is 9.83. The lowest BCUT2D eigenvalue weighted by molar-refractivity contribution is -0.0775. The van der Waals surface area contributed by atoms with E-state index in [1.165, 1.54) is 7.11 Å². The number of aliphatic hydroxyl groups excluding tert-OH is 1. The van der Waals surface area contributed by atoms with E-state index in [1.807, 2.05) is 25.2 Å². The third-order valence-corrected chi connectivity index (χ3v) is 3.03. The van der Waals surface area contributed by atoms with E-state index in [-0.39, 0.29) is 0 Å². The molecule has 86 valence electrons. The van der Waals surface area contributed by atoms with E-state index in [4.69, 9.17) is 4.74 Å². The van der Waals surface area contributed by atoms with E-state index in [9.17, 15) is 5.11 Å². The van der Waals surface area contributed by atoms with Crippen LogP contribution in [0.2, 0.25) is 0 Å². The number of hydrogen-bond acceptors (Lipinski definition) is 3. The van der Waals surface area contributed by atoms with Crippen LogP contribution in [-0.4, -0.2) is 19.3 Å². The van der Waals surface area contributed by atoms with Crippen LogP contribution < -0.4 is 5.32 Å². The molecule has 0 bridgehead atoms. The molecule has 1 aromatic carbocycles. The Bertz CT molecular complexity index is 401. The van der Waals surface area contributed by atoms with Gasteiger partial charge in [-0.3, -0.25) is 0 Å². The normalized spacial score (nSPS) is 20.3. The van der Waals surface area contributed by atoms with Crippen molar-refractivity contribution >= 4 is 5.69 Å². The topological polar surface area (TPSA) is 41.5 Å². The molecule has 1 aliphatic rings. The third kappa shape index (κ3) is 1.84. The number of rotatable bonds is 4. The van der Waals surface area contributed by atoms with Gasteiger partial charge in [0.15, 0.2) is 6.29 Å². The highest BCUT2D eigenvalue weighted by atomic mass is 16.6. The Morgan fingerprint density at radius 1 is 1.50 bits per heavy atom. The number of methoxy groups -OCH3 is 1. The number of benzene rings is 1. The minimum atomic E-state index is -0.850. The standard InChI is InChI=1S/C13H17NO2/c1-14-11-8-4-7-10(13(15)16-2)12(11)9-5-3-6-9/h3-5,7-9,13-15H,6H2,1-2H3. The molecular formula is C13H17NO2. The monoisotopic (exact) mass is 219 g/mol. The smallest absolute Gasteiger partial charge is 0.181 e. The van der Waals surface area contributed by atoms with Crippen molar-refractivity contribution in [3.63, 3.8) is 0 Å². The van der Waals surface area contributed by atoms with Gasteiger partial charge in [0, 0.05) is 31.3 Å². The van der Waals surface area contributed by atoms with Gasteiger partial charge in [0.05, 0.1) is 0 Å². The summed E-state index contributed by atoms with van der Waals surface area (Å²) in [6.45, 7) is 0. The van der Waals surface area contributed by atoms with Crippen molar-refractivity contribution in [2.24, 2.45) is 0 Å². The maximum absolute atomic E-state index is 9.82. The van der Waals surface area contributed by atoms with E-state index in [0.29, 0.717) is 5.92 Å². The third-order valence-electron chi connectivity index (χ3n) is 3.03. The SMILES string of the molecule is CNc1cccc(C(O)OC)c1C1C=CC1. The Balaban J connectivity index is 2.46. The Morgan fingerprint density at radius 3 is 2.75 bits per heavy atom. The Kier molecular flexibility index (Phi) is 3.27. The first-order chi connectivity index (χ1) is 7.77. The summed E-state index contributed by atoms with van der Waals surface area (Å²) >= 11 is 0. The second kappa shape index (κ2) is 4.68. The maximum atomic E-state index is 9.82. The quantitative estimate of drug-likeness (QED) is 0.603. The summed E-state index contributed by atoms with van der Waals surface area (Å²) in [5.74, 6) is 0.392. The number of allylic oxidation sites excluding steroid dienone is 2. The number of ether oxygens (including phenoxy) is 1. The van der Waals surface area contributed by atoms with Gasteiger partial charge in [-0.1, -0.05) is 24.3 Å². The summed E-state index contributed by atoms with van der Waals surface area (Å²) in [6.07, 6.45) is 4.47. The zero-order valence-corrected chi connectivity index (χ0v) is 9.60. The molecule has 1 aromatic rings. The first-order valence-electron chi connectivity index (χ1n) is 5.46. The molecule has 0 aromatic heterocycles. The van der Waals surface area contributed by atoms with Crippen molar-refractivity contribution < 1.29 is 9.84 Å². The highest BCUT2D eigenvalue weighted by molar-refractivity contribution is 5.58. The average Bonchev–Trinajstić information content (AvgIpc) is 2.26. The van der Waals surface area contributed by atoms with E-state index in [2.05, 4.69) is 17.5 Å². The second-order valence-corrected chi connectivity index (χ2v) is 3.92. The first kappa shape index (κ1) is 11.2. The zero-order chi connectivity index (χ0) is 11.5. The van der Waals surface area contributed by atoms with E-state index in [1.54, 1.807) is 0 Å². The molecule has 0 radical (unpaired) electrons. The van der Waals surface area contributed by atoms with Gasteiger partial charge >= 0.3 is 0 Å². The van der Waals surface area contributed by atoms with Crippen LogP contribution in [0.25, 0.3) is 0 Å². The fourth-order valence-electron chi connectivity index (χ4n) is 2.04. The van der Waals surface area contributed by atoms with Crippen LogP contribution in [0.4, 0.5) is 5.69 Å². The van der Waals surface area contributed by atoms with Crippen LogP contribution in [0.5, 0.6) is 0 Å². The van der Waals surface area contributed by atoms with E-state index >= 15 is 0 Å². The number of aliphatic hydroxyl groups is 1. The Morgan fingerprint density at radius 2 is 2.25 bits per heavy atom. The van der Waals surface area contributed by atoms with E-state index in [0.717, 1.165) is 23.2 Å².